The van der Waals surface area contributed by atoms with Gasteiger partial charge in [0.25, 0.3) is 5.91 Å². The topological polar surface area (TPSA) is 49.3 Å². The van der Waals surface area contributed by atoms with Crippen molar-refractivity contribution >= 4 is 29.0 Å². The molecule has 1 heterocycles. The van der Waals surface area contributed by atoms with Gasteiger partial charge < -0.3 is 10.4 Å². The largest absolute Gasteiger partial charge is 0.383 e. The second-order valence-electron chi connectivity index (χ2n) is 5.17. The Kier molecular flexibility index (Phi) is 5.61. The molecule has 22 heavy (non-hydrogen) atoms. The van der Waals surface area contributed by atoms with Crippen LogP contribution in [0.2, 0.25) is 0 Å². The van der Waals surface area contributed by atoms with Crippen LogP contribution in [0.15, 0.2) is 35.7 Å². The lowest BCUT2D eigenvalue weighted by molar-refractivity contribution is 0.0556. The van der Waals surface area contributed by atoms with E-state index in [1.54, 1.807) is 13.0 Å². The highest BCUT2D eigenvalue weighted by Gasteiger charge is 2.25. The molecule has 2 rings (SSSR count). The average molecular weight is 339 g/mol. The van der Waals surface area contributed by atoms with Crippen LogP contribution >= 0.6 is 23.1 Å². The molecule has 1 unspecified atom stereocenters. The van der Waals surface area contributed by atoms with Crippen LogP contribution in [0.1, 0.15) is 27.7 Å². The second-order valence-corrected chi connectivity index (χ2v) is 6.99. The Hall–Kier alpha value is -1.37. The fourth-order valence-corrected chi connectivity index (χ4v) is 3.33. The third-order valence-corrected chi connectivity index (χ3v) is 4.98. The molecular formula is C16H18FNO2S2. The minimum Gasteiger partial charge on any atom is -0.383 e. The molecule has 0 aliphatic heterocycles. The number of benzene rings is 1. The summed E-state index contributed by atoms with van der Waals surface area (Å²) in [4.78, 5) is 13.0. The lowest BCUT2D eigenvalue weighted by Gasteiger charge is -2.22. The van der Waals surface area contributed by atoms with E-state index in [0.717, 1.165) is 4.88 Å². The predicted octanol–water partition coefficient (Wildman–Crippen LogP) is 3.39. The number of aliphatic hydroxyl groups is 1. The quantitative estimate of drug-likeness (QED) is 0.848. The Morgan fingerprint density at radius 1 is 1.45 bits per heavy atom. The van der Waals surface area contributed by atoms with E-state index in [-0.39, 0.29) is 18.3 Å². The summed E-state index contributed by atoms with van der Waals surface area (Å²) < 4.78 is 13.6. The van der Waals surface area contributed by atoms with Crippen molar-refractivity contribution in [2.45, 2.75) is 18.3 Å². The van der Waals surface area contributed by atoms with Gasteiger partial charge in [-0.2, -0.15) is 11.8 Å². The van der Waals surface area contributed by atoms with Gasteiger partial charge in [-0.1, -0.05) is 6.07 Å². The lowest BCUT2D eigenvalue weighted by Crippen LogP contribution is -2.38. The van der Waals surface area contributed by atoms with E-state index in [9.17, 15) is 14.3 Å². The van der Waals surface area contributed by atoms with Crippen molar-refractivity contribution in [1.29, 1.82) is 0 Å². The zero-order valence-electron chi connectivity index (χ0n) is 12.4. The number of thiophene rings is 1. The SMILES string of the molecule is CSCc1cc(C(=O)NCC(C)(O)c2cccs2)ccc1F. The summed E-state index contributed by atoms with van der Waals surface area (Å²) in [5.41, 5.74) is -0.219. The maximum atomic E-state index is 13.6. The third kappa shape index (κ3) is 4.09. The van der Waals surface area contributed by atoms with Crippen molar-refractivity contribution < 1.29 is 14.3 Å². The Bertz CT molecular complexity index is 642. The van der Waals surface area contributed by atoms with E-state index in [1.807, 2.05) is 23.8 Å². The summed E-state index contributed by atoms with van der Waals surface area (Å²) >= 11 is 2.93. The molecule has 2 N–H and O–H groups in total. The van der Waals surface area contributed by atoms with Gasteiger partial charge in [0.05, 0.1) is 6.54 Å². The number of thioether (sulfide) groups is 1. The molecule has 1 aromatic carbocycles. The number of carbonyl (C=O) groups is 1. The Labute approximate surface area is 137 Å². The van der Waals surface area contributed by atoms with E-state index >= 15 is 0 Å². The van der Waals surface area contributed by atoms with Gasteiger partial charge in [-0.3, -0.25) is 4.79 Å². The van der Waals surface area contributed by atoms with Gasteiger partial charge in [-0.25, -0.2) is 4.39 Å². The third-order valence-electron chi connectivity index (χ3n) is 3.25. The van der Waals surface area contributed by atoms with Gasteiger partial charge in [0, 0.05) is 16.2 Å². The zero-order chi connectivity index (χ0) is 16.2. The highest BCUT2D eigenvalue weighted by atomic mass is 32.2. The lowest BCUT2D eigenvalue weighted by atomic mass is 10.0. The standard InChI is InChI=1S/C16H18FNO2S2/c1-16(20,14-4-3-7-22-14)10-18-15(19)11-5-6-13(17)12(8-11)9-21-2/h3-8,20H,9-10H2,1-2H3,(H,18,19). The second kappa shape index (κ2) is 7.26. The van der Waals surface area contributed by atoms with Crippen LogP contribution in [-0.4, -0.2) is 23.8 Å². The van der Waals surface area contributed by atoms with E-state index in [4.69, 9.17) is 0 Å². The zero-order valence-corrected chi connectivity index (χ0v) is 14.1. The fourth-order valence-electron chi connectivity index (χ4n) is 2.01. The monoisotopic (exact) mass is 339 g/mol. The fraction of sp³-hybridized carbons (Fsp3) is 0.312. The summed E-state index contributed by atoms with van der Waals surface area (Å²) in [6, 6.07) is 7.99. The maximum absolute atomic E-state index is 13.6. The van der Waals surface area contributed by atoms with Gasteiger partial charge in [-0.15, -0.1) is 11.3 Å². The molecule has 0 aliphatic rings. The van der Waals surface area contributed by atoms with E-state index in [2.05, 4.69) is 5.32 Å². The molecule has 1 aromatic heterocycles. The van der Waals surface area contributed by atoms with Crippen molar-refractivity contribution in [3.05, 3.63) is 57.5 Å². The van der Waals surface area contributed by atoms with Gasteiger partial charge in [0.15, 0.2) is 0 Å². The average Bonchev–Trinajstić information content (AvgIpc) is 3.02. The van der Waals surface area contributed by atoms with Crippen LogP contribution in [-0.2, 0) is 11.4 Å². The Morgan fingerprint density at radius 3 is 2.86 bits per heavy atom. The van der Waals surface area contributed by atoms with E-state index < -0.39 is 5.60 Å². The highest BCUT2D eigenvalue weighted by Crippen LogP contribution is 2.24. The van der Waals surface area contributed by atoms with Crippen molar-refractivity contribution in [3.8, 4) is 0 Å². The molecule has 118 valence electrons. The first kappa shape index (κ1) is 17.0. The molecule has 0 radical (unpaired) electrons. The number of nitrogens with one attached hydrogen (secondary N) is 1. The van der Waals surface area contributed by atoms with E-state index in [0.29, 0.717) is 16.9 Å². The van der Waals surface area contributed by atoms with Crippen molar-refractivity contribution in [2.75, 3.05) is 12.8 Å². The molecule has 1 amide bonds. The first-order valence-electron chi connectivity index (χ1n) is 6.76. The first-order chi connectivity index (χ1) is 10.4. The molecule has 6 heteroatoms. The molecule has 0 saturated heterocycles. The molecule has 0 aliphatic carbocycles. The number of halogens is 1. The first-order valence-corrected chi connectivity index (χ1v) is 9.03. The number of hydrogen-bond donors (Lipinski definition) is 2. The molecule has 0 spiro atoms. The van der Waals surface area contributed by atoms with Crippen molar-refractivity contribution in [3.63, 3.8) is 0 Å². The van der Waals surface area contributed by atoms with Crippen molar-refractivity contribution in [2.24, 2.45) is 0 Å². The molecule has 3 nitrogen and oxygen atoms in total. The minimum atomic E-state index is -1.12. The van der Waals surface area contributed by atoms with Gasteiger partial charge in [0.2, 0.25) is 0 Å². The maximum Gasteiger partial charge on any atom is 0.251 e. The Morgan fingerprint density at radius 2 is 2.23 bits per heavy atom. The van der Waals surface area contributed by atoms with Crippen LogP contribution in [0.25, 0.3) is 0 Å². The van der Waals surface area contributed by atoms with E-state index in [1.165, 1.54) is 35.2 Å². The summed E-state index contributed by atoms with van der Waals surface area (Å²) in [6.07, 6.45) is 1.88. The van der Waals surface area contributed by atoms with Gasteiger partial charge in [0.1, 0.15) is 11.4 Å². The molecule has 0 fully saturated rings. The molecule has 2 aromatic rings. The molecule has 1 atom stereocenters. The summed E-state index contributed by atoms with van der Waals surface area (Å²) in [6.45, 7) is 1.75. The van der Waals surface area contributed by atoms with Gasteiger partial charge >= 0.3 is 0 Å². The summed E-state index contributed by atoms with van der Waals surface area (Å²) in [7, 11) is 0. The predicted molar refractivity (Wildman–Crippen MR) is 89.8 cm³/mol. The normalized spacial score (nSPS) is 13.6. The number of amides is 1. The minimum absolute atomic E-state index is 0.0988. The number of carbonyl (C=O) groups excluding carboxylic acids is 1. The van der Waals surface area contributed by atoms with Crippen LogP contribution in [0.4, 0.5) is 4.39 Å². The van der Waals surface area contributed by atoms with Crippen LogP contribution in [0.5, 0.6) is 0 Å². The summed E-state index contributed by atoms with van der Waals surface area (Å²) in [5, 5.41) is 15.0. The number of hydrogen-bond acceptors (Lipinski definition) is 4. The summed E-state index contributed by atoms with van der Waals surface area (Å²) in [5.74, 6) is -0.115. The van der Waals surface area contributed by atoms with Gasteiger partial charge in [-0.05, 0) is 48.4 Å². The van der Waals surface area contributed by atoms with Crippen molar-refractivity contribution in [1.82, 2.24) is 5.32 Å². The Balaban J connectivity index is 2.05. The van der Waals surface area contributed by atoms with Crippen LogP contribution in [0.3, 0.4) is 0 Å². The molecule has 0 saturated carbocycles. The number of rotatable bonds is 6. The smallest absolute Gasteiger partial charge is 0.251 e. The highest BCUT2D eigenvalue weighted by molar-refractivity contribution is 7.97. The molecular weight excluding hydrogens is 321 g/mol. The van der Waals surface area contributed by atoms with Crippen LogP contribution in [0, 0.1) is 5.82 Å². The molecule has 0 bridgehead atoms. The van der Waals surface area contributed by atoms with Crippen LogP contribution < -0.4 is 5.32 Å².